The molecule has 0 saturated carbocycles. The molecule has 220 valence electrons. The molecule has 4 aromatic carbocycles. The lowest BCUT2D eigenvalue weighted by Gasteiger charge is -2.67. The fraction of sp³-hybridized carbons (Fsp3) is 0.306. The van der Waals surface area contributed by atoms with Crippen LogP contribution in [0.2, 0.25) is 0 Å². The average Bonchev–Trinajstić information content (AvgIpc) is 3.07. The maximum absolute atomic E-state index is 15.0. The molecule has 0 spiro atoms. The van der Waals surface area contributed by atoms with Crippen LogP contribution >= 0.6 is 0 Å². The van der Waals surface area contributed by atoms with Gasteiger partial charge < -0.3 is 18.9 Å². The zero-order chi connectivity index (χ0) is 29.7. The van der Waals surface area contributed by atoms with Crippen molar-refractivity contribution in [3.63, 3.8) is 0 Å². The van der Waals surface area contributed by atoms with E-state index in [1.165, 1.54) is 0 Å². The number of ketones is 1. The Morgan fingerprint density at radius 2 is 0.674 bits per heavy atom. The molecule has 4 bridgehead atoms. The van der Waals surface area contributed by atoms with Crippen LogP contribution < -0.4 is 18.9 Å². The molecule has 43 heavy (non-hydrogen) atoms. The summed E-state index contributed by atoms with van der Waals surface area (Å²) >= 11 is 0. The quantitative estimate of drug-likeness (QED) is 0.241. The van der Waals surface area contributed by atoms with Gasteiger partial charge in [0.2, 0.25) is 0 Å². The third-order valence-corrected chi connectivity index (χ3v) is 9.60. The molecule has 7 heteroatoms. The number of Topliss-reactive ketones (excluding diaryl/α,β-unsaturated/α-hetero) is 1. The van der Waals surface area contributed by atoms with Gasteiger partial charge in [-0.25, -0.2) is 0 Å². The first-order valence-corrected chi connectivity index (χ1v) is 14.7. The van der Waals surface area contributed by atoms with Gasteiger partial charge in [0, 0.05) is 24.2 Å². The minimum atomic E-state index is -0.246. The molecule has 8 atom stereocenters. The van der Waals surface area contributed by atoms with Crippen molar-refractivity contribution >= 4 is 5.78 Å². The number of ether oxygens (including phenoxy) is 4. The summed E-state index contributed by atoms with van der Waals surface area (Å²) < 4.78 is 21.9. The van der Waals surface area contributed by atoms with Crippen LogP contribution in [0.3, 0.4) is 0 Å². The van der Waals surface area contributed by atoms with E-state index < -0.39 is 0 Å². The van der Waals surface area contributed by atoms with Gasteiger partial charge in [0.1, 0.15) is 28.8 Å². The van der Waals surface area contributed by atoms with Crippen LogP contribution in [-0.4, -0.2) is 50.7 Å². The van der Waals surface area contributed by atoms with E-state index in [4.69, 9.17) is 18.9 Å². The number of carbonyl (C=O) groups is 1. The smallest absolute Gasteiger partial charge is 0.146 e. The number of benzene rings is 4. The maximum atomic E-state index is 15.0. The fourth-order valence-corrected chi connectivity index (χ4v) is 7.70. The molecule has 4 saturated heterocycles. The third-order valence-electron chi connectivity index (χ3n) is 9.60. The Labute approximate surface area is 252 Å². The van der Waals surface area contributed by atoms with Gasteiger partial charge in [0.05, 0.1) is 46.9 Å². The van der Waals surface area contributed by atoms with E-state index in [0.29, 0.717) is 12.5 Å². The van der Waals surface area contributed by atoms with Gasteiger partial charge in [-0.1, -0.05) is 48.5 Å². The van der Waals surface area contributed by atoms with E-state index in [2.05, 4.69) is 58.3 Å². The van der Waals surface area contributed by atoms with Crippen LogP contribution in [0.15, 0.2) is 97.1 Å². The molecule has 0 radical (unpaired) electrons. The van der Waals surface area contributed by atoms with E-state index in [-0.39, 0.29) is 36.0 Å². The summed E-state index contributed by atoms with van der Waals surface area (Å²) in [4.78, 5) is 20.1. The number of methoxy groups -OCH3 is 4. The van der Waals surface area contributed by atoms with Crippen molar-refractivity contribution in [2.75, 3.05) is 35.1 Å². The average molecular weight is 577 g/mol. The molecule has 7 nitrogen and oxygen atoms in total. The molecular weight excluding hydrogens is 540 g/mol. The van der Waals surface area contributed by atoms with E-state index in [1.54, 1.807) is 28.4 Å². The number of piperidine rings is 2. The molecule has 0 aromatic heterocycles. The van der Waals surface area contributed by atoms with Crippen LogP contribution in [0.25, 0.3) is 0 Å². The lowest BCUT2D eigenvalue weighted by molar-refractivity contribution is -0.208. The highest BCUT2D eigenvalue weighted by atomic mass is 16.5. The van der Waals surface area contributed by atoms with Crippen LogP contribution in [0.5, 0.6) is 23.0 Å². The van der Waals surface area contributed by atoms with Crippen molar-refractivity contribution < 1.29 is 23.7 Å². The Hall–Kier alpha value is -4.33. The monoisotopic (exact) mass is 576 g/mol. The SMILES string of the molecule is COc1ccc([C@@H]2C3C(=O)C4[C@H](c5ccc(OC)cc5)N2CN([C@H]3c2ccc(OC)cc2)[C@H]4c2ccc(OC)cc2)cc1. The topological polar surface area (TPSA) is 60.5 Å². The van der Waals surface area contributed by atoms with Crippen molar-refractivity contribution in [1.29, 1.82) is 0 Å². The largest absolute Gasteiger partial charge is 0.497 e. The standard InChI is InChI=1S/C36H36N2O5/c1-40-26-13-5-22(6-14-26)32-30-33(23-7-15-27(41-2)16-8-23)38-21-37(32)34(24-9-17-28(42-3)18-10-24)31(36(30)39)35(38)25-11-19-29(43-4)20-12-25/h5-20,30-35H,21H2,1-4H3/t30?,31?,32-,33-,34-,35+/m0/s1. The Morgan fingerprint density at radius 1 is 0.442 bits per heavy atom. The molecule has 0 aliphatic carbocycles. The predicted molar refractivity (Wildman–Crippen MR) is 163 cm³/mol. The summed E-state index contributed by atoms with van der Waals surface area (Å²) in [6.07, 6.45) is 0. The molecule has 4 unspecified atom stereocenters. The molecule has 4 aliphatic rings. The second-order valence-corrected chi connectivity index (χ2v) is 11.5. The minimum Gasteiger partial charge on any atom is -0.497 e. The van der Waals surface area contributed by atoms with Gasteiger partial charge in [0.25, 0.3) is 0 Å². The molecule has 4 heterocycles. The summed E-state index contributed by atoms with van der Waals surface area (Å²) in [6, 6.07) is 32.5. The van der Waals surface area contributed by atoms with E-state index >= 15 is 4.79 Å². The molecule has 4 aromatic rings. The first kappa shape index (κ1) is 27.5. The van der Waals surface area contributed by atoms with Crippen LogP contribution in [-0.2, 0) is 4.79 Å². The zero-order valence-electron chi connectivity index (χ0n) is 24.8. The zero-order valence-corrected chi connectivity index (χ0v) is 24.8. The van der Waals surface area contributed by atoms with Crippen molar-refractivity contribution in [2.24, 2.45) is 11.8 Å². The summed E-state index contributed by atoms with van der Waals surface area (Å²) in [5.41, 5.74) is 4.49. The van der Waals surface area contributed by atoms with Crippen molar-refractivity contribution in [3.05, 3.63) is 119 Å². The Morgan fingerprint density at radius 3 is 0.884 bits per heavy atom. The summed E-state index contributed by atoms with van der Waals surface area (Å²) in [5, 5.41) is 0. The highest BCUT2D eigenvalue weighted by molar-refractivity contribution is 5.89. The molecular formula is C36H36N2O5. The molecule has 8 rings (SSSR count). The van der Waals surface area contributed by atoms with Crippen molar-refractivity contribution in [2.45, 2.75) is 24.2 Å². The lowest BCUT2D eigenvalue weighted by Crippen LogP contribution is -2.69. The summed E-state index contributed by atoms with van der Waals surface area (Å²) in [5.74, 6) is 3.02. The fourth-order valence-electron chi connectivity index (χ4n) is 7.70. The van der Waals surface area contributed by atoms with Gasteiger partial charge in [-0.3, -0.25) is 14.6 Å². The molecule has 4 aliphatic heterocycles. The van der Waals surface area contributed by atoms with Crippen LogP contribution in [0, 0.1) is 11.8 Å². The van der Waals surface area contributed by atoms with E-state index in [9.17, 15) is 0 Å². The molecule has 0 amide bonds. The van der Waals surface area contributed by atoms with Gasteiger partial charge in [-0.05, 0) is 70.8 Å². The van der Waals surface area contributed by atoms with Crippen molar-refractivity contribution in [1.82, 2.24) is 9.80 Å². The second-order valence-electron chi connectivity index (χ2n) is 11.5. The number of hydrogen-bond donors (Lipinski definition) is 0. The molecule has 4 fully saturated rings. The predicted octanol–water partition coefficient (Wildman–Crippen LogP) is 6.39. The van der Waals surface area contributed by atoms with Crippen LogP contribution in [0.1, 0.15) is 46.4 Å². The summed E-state index contributed by atoms with van der Waals surface area (Å²) in [7, 11) is 6.71. The normalized spacial score (nSPS) is 28.9. The Balaban J connectivity index is 1.41. The second kappa shape index (κ2) is 11.1. The number of rotatable bonds is 8. The summed E-state index contributed by atoms with van der Waals surface area (Å²) in [6.45, 7) is 0.709. The van der Waals surface area contributed by atoms with Crippen LogP contribution in [0.4, 0.5) is 0 Å². The minimum absolute atomic E-state index is 0.0954. The lowest BCUT2D eigenvalue weighted by atomic mass is 9.60. The first-order valence-electron chi connectivity index (χ1n) is 14.7. The molecule has 0 N–H and O–H groups in total. The number of hydrogen-bond acceptors (Lipinski definition) is 7. The highest BCUT2D eigenvalue weighted by Gasteiger charge is 2.65. The number of nitrogens with zero attached hydrogens (tertiary/aromatic N) is 2. The first-order chi connectivity index (χ1) is 21.1. The maximum Gasteiger partial charge on any atom is 0.146 e. The highest BCUT2D eigenvalue weighted by Crippen LogP contribution is 2.64. The third kappa shape index (κ3) is 4.46. The van der Waals surface area contributed by atoms with Gasteiger partial charge >= 0.3 is 0 Å². The van der Waals surface area contributed by atoms with E-state index in [0.717, 1.165) is 45.3 Å². The number of carbonyl (C=O) groups excluding carboxylic acids is 1. The van der Waals surface area contributed by atoms with Gasteiger partial charge in [-0.2, -0.15) is 0 Å². The van der Waals surface area contributed by atoms with Gasteiger partial charge in [0.15, 0.2) is 0 Å². The Bertz CT molecular complexity index is 1360. The van der Waals surface area contributed by atoms with Crippen molar-refractivity contribution in [3.8, 4) is 23.0 Å². The Kier molecular flexibility index (Phi) is 7.07. The van der Waals surface area contributed by atoms with Gasteiger partial charge in [-0.15, -0.1) is 0 Å². The van der Waals surface area contributed by atoms with E-state index in [1.807, 2.05) is 48.5 Å².